The predicted octanol–water partition coefficient (Wildman–Crippen LogP) is 3.88. The Bertz CT molecular complexity index is 1360. The van der Waals surface area contributed by atoms with Crippen molar-refractivity contribution in [1.82, 2.24) is 34.7 Å². The van der Waals surface area contributed by atoms with Crippen molar-refractivity contribution in [3.8, 4) is 17.1 Å². The molecule has 2 N–H and O–H groups in total. The quantitative estimate of drug-likeness (QED) is 0.343. The van der Waals surface area contributed by atoms with Crippen LogP contribution in [0.3, 0.4) is 0 Å². The summed E-state index contributed by atoms with van der Waals surface area (Å²) in [6.45, 7) is 3.23. The Morgan fingerprint density at radius 2 is 2.03 bits per heavy atom. The summed E-state index contributed by atoms with van der Waals surface area (Å²) >= 11 is 3.26. The van der Waals surface area contributed by atoms with E-state index >= 15 is 0 Å². The van der Waals surface area contributed by atoms with E-state index in [1.807, 2.05) is 11.6 Å². The first-order valence-electron chi connectivity index (χ1n) is 11.5. The topological polar surface area (TPSA) is 110 Å². The zero-order valence-electron chi connectivity index (χ0n) is 19.6. The van der Waals surface area contributed by atoms with Gasteiger partial charge in [0.1, 0.15) is 16.1 Å². The summed E-state index contributed by atoms with van der Waals surface area (Å²) in [4.78, 5) is 9.77. The van der Waals surface area contributed by atoms with Crippen molar-refractivity contribution in [3.63, 3.8) is 0 Å². The molecule has 35 heavy (non-hydrogen) atoms. The van der Waals surface area contributed by atoms with Gasteiger partial charge in [-0.15, -0.1) is 0 Å². The Labute approximate surface area is 210 Å². The van der Waals surface area contributed by atoms with Gasteiger partial charge in [0.05, 0.1) is 24.2 Å². The van der Waals surface area contributed by atoms with Gasteiger partial charge in [0.2, 0.25) is 0 Å². The SMILES string of the molecule is Cc1nn(CC2CC2)cc1Cc1nn(C)nc1-c1ccc(F)cc1CCOc1nc(Br)cnc1N. The van der Waals surface area contributed by atoms with Gasteiger partial charge in [-0.25, -0.2) is 14.4 Å². The molecule has 1 saturated carbocycles. The van der Waals surface area contributed by atoms with Crippen molar-refractivity contribution in [2.75, 3.05) is 12.3 Å². The van der Waals surface area contributed by atoms with Gasteiger partial charge < -0.3 is 10.5 Å². The molecule has 0 atom stereocenters. The lowest BCUT2D eigenvalue weighted by molar-refractivity contribution is 0.309. The van der Waals surface area contributed by atoms with E-state index in [1.54, 1.807) is 17.9 Å². The molecule has 5 rings (SSSR count). The molecule has 0 bridgehead atoms. The van der Waals surface area contributed by atoms with Crippen LogP contribution in [-0.2, 0) is 26.4 Å². The maximum atomic E-state index is 14.2. The molecule has 4 aromatic rings. The minimum atomic E-state index is -0.326. The molecule has 0 aliphatic heterocycles. The molecule has 0 saturated heterocycles. The van der Waals surface area contributed by atoms with Crippen LogP contribution >= 0.6 is 15.9 Å². The van der Waals surface area contributed by atoms with E-state index in [0.29, 0.717) is 17.4 Å². The third-order valence-electron chi connectivity index (χ3n) is 6.00. The number of aromatic nitrogens is 7. The predicted molar refractivity (Wildman–Crippen MR) is 132 cm³/mol. The molecule has 0 radical (unpaired) electrons. The Morgan fingerprint density at radius 3 is 2.83 bits per heavy atom. The van der Waals surface area contributed by atoms with Gasteiger partial charge in [0, 0.05) is 38.2 Å². The van der Waals surface area contributed by atoms with Gasteiger partial charge in [0.25, 0.3) is 5.88 Å². The highest BCUT2D eigenvalue weighted by Gasteiger charge is 2.23. The fourth-order valence-electron chi connectivity index (χ4n) is 4.07. The smallest absolute Gasteiger partial charge is 0.258 e. The van der Waals surface area contributed by atoms with Crippen LogP contribution in [0.2, 0.25) is 0 Å². The van der Waals surface area contributed by atoms with Gasteiger partial charge in [-0.1, -0.05) is 0 Å². The van der Waals surface area contributed by atoms with Crippen molar-refractivity contribution in [2.24, 2.45) is 13.0 Å². The van der Waals surface area contributed by atoms with E-state index in [4.69, 9.17) is 10.5 Å². The number of halogens is 2. The second-order valence-corrected chi connectivity index (χ2v) is 9.66. The van der Waals surface area contributed by atoms with Crippen molar-refractivity contribution < 1.29 is 9.13 Å². The average Bonchev–Trinajstić information content (AvgIpc) is 3.46. The highest BCUT2D eigenvalue weighted by Crippen LogP contribution is 2.31. The molecule has 1 fully saturated rings. The minimum absolute atomic E-state index is 0.196. The third-order valence-corrected chi connectivity index (χ3v) is 6.38. The molecular weight excluding hydrogens is 515 g/mol. The normalized spacial score (nSPS) is 13.4. The van der Waals surface area contributed by atoms with Gasteiger partial charge in [0.15, 0.2) is 5.82 Å². The Balaban J connectivity index is 1.38. The highest BCUT2D eigenvalue weighted by atomic mass is 79.9. The van der Waals surface area contributed by atoms with Crippen molar-refractivity contribution in [3.05, 3.63) is 63.5 Å². The molecule has 3 aromatic heterocycles. The molecule has 0 unspecified atom stereocenters. The largest absolute Gasteiger partial charge is 0.475 e. The summed E-state index contributed by atoms with van der Waals surface area (Å²) in [6.07, 6.45) is 7.18. The number of nitrogens with two attached hydrogens (primary N) is 1. The second-order valence-electron chi connectivity index (χ2n) is 8.85. The molecule has 11 heteroatoms. The van der Waals surface area contributed by atoms with Crippen LogP contribution in [0.4, 0.5) is 10.2 Å². The first-order chi connectivity index (χ1) is 16.9. The lowest BCUT2D eigenvalue weighted by Gasteiger charge is -2.11. The molecule has 182 valence electrons. The van der Waals surface area contributed by atoms with Crippen LogP contribution in [0, 0.1) is 18.7 Å². The highest BCUT2D eigenvalue weighted by molar-refractivity contribution is 9.10. The van der Waals surface area contributed by atoms with E-state index in [1.165, 1.54) is 31.2 Å². The molecule has 9 nitrogen and oxygen atoms in total. The monoisotopic (exact) mass is 540 g/mol. The number of hydrogen-bond acceptors (Lipinski definition) is 7. The third kappa shape index (κ3) is 5.50. The summed E-state index contributed by atoms with van der Waals surface area (Å²) in [7, 11) is 1.79. The molecule has 1 aliphatic rings. The van der Waals surface area contributed by atoms with E-state index in [-0.39, 0.29) is 24.1 Å². The second kappa shape index (κ2) is 9.73. The van der Waals surface area contributed by atoms with Crippen LogP contribution < -0.4 is 10.5 Å². The summed E-state index contributed by atoms with van der Waals surface area (Å²) in [5.74, 6) is 0.849. The van der Waals surface area contributed by atoms with E-state index in [0.717, 1.165) is 46.2 Å². The van der Waals surface area contributed by atoms with E-state index in [9.17, 15) is 4.39 Å². The summed E-state index contributed by atoms with van der Waals surface area (Å²) < 4.78 is 22.5. The standard InChI is InChI=1S/C24H26BrFN8O/c1-14-17(13-34(30-14)12-15-3-4-15)10-20-22(32-33(2)31-20)19-6-5-18(26)9-16(19)7-8-35-24-23(27)28-11-21(25)29-24/h5-6,9,11,13,15H,3-4,7-8,10,12H2,1-2H3,(H2,27,28). The summed E-state index contributed by atoms with van der Waals surface area (Å²) in [6, 6.07) is 4.69. The first kappa shape index (κ1) is 23.4. The van der Waals surface area contributed by atoms with Crippen molar-refractivity contribution in [1.29, 1.82) is 0 Å². The number of hydrogen-bond donors (Lipinski definition) is 1. The first-order valence-corrected chi connectivity index (χ1v) is 12.3. The number of nitrogens with zero attached hydrogens (tertiary/aromatic N) is 7. The summed E-state index contributed by atoms with van der Waals surface area (Å²) in [5, 5.41) is 13.9. The maximum Gasteiger partial charge on any atom is 0.258 e. The van der Waals surface area contributed by atoms with Crippen molar-refractivity contribution >= 4 is 21.7 Å². The van der Waals surface area contributed by atoms with Crippen LogP contribution in [0.5, 0.6) is 5.88 Å². The lowest BCUT2D eigenvalue weighted by Crippen LogP contribution is -2.07. The maximum absolute atomic E-state index is 14.2. The number of nitrogen functional groups attached to an aromatic ring is 1. The molecule has 1 aliphatic carbocycles. The zero-order valence-corrected chi connectivity index (χ0v) is 21.2. The Hall–Kier alpha value is -3.34. The number of benzene rings is 1. The van der Waals surface area contributed by atoms with Gasteiger partial charge in [-0.2, -0.15) is 20.1 Å². The van der Waals surface area contributed by atoms with Gasteiger partial charge in [-0.3, -0.25) is 4.68 Å². The number of aryl methyl sites for hydroxylation is 2. The number of anilines is 1. The molecule has 0 amide bonds. The number of rotatable bonds is 9. The van der Waals surface area contributed by atoms with E-state index < -0.39 is 0 Å². The van der Waals surface area contributed by atoms with Crippen LogP contribution in [0.1, 0.15) is 35.4 Å². The Morgan fingerprint density at radius 1 is 1.20 bits per heavy atom. The van der Waals surface area contributed by atoms with Gasteiger partial charge in [-0.05, 0) is 70.9 Å². The zero-order chi connectivity index (χ0) is 24.5. The van der Waals surface area contributed by atoms with Crippen LogP contribution in [0.15, 0.2) is 35.2 Å². The molecule has 0 spiro atoms. The fourth-order valence-corrected chi connectivity index (χ4v) is 4.34. The molecule has 3 heterocycles. The lowest BCUT2D eigenvalue weighted by atomic mass is 9.98. The van der Waals surface area contributed by atoms with E-state index in [2.05, 4.69) is 47.4 Å². The van der Waals surface area contributed by atoms with Crippen molar-refractivity contribution in [2.45, 2.75) is 39.2 Å². The fraction of sp³-hybridized carbons (Fsp3) is 0.375. The van der Waals surface area contributed by atoms with Crippen LogP contribution in [-0.4, -0.2) is 41.3 Å². The molecule has 1 aromatic carbocycles. The van der Waals surface area contributed by atoms with Crippen LogP contribution in [0.25, 0.3) is 11.3 Å². The number of ether oxygens (including phenoxy) is 1. The summed E-state index contributed by atoms with van der Waals surface area (Å²) in [5.41, 5.74) is 11.1. The Kier molecular flexibility index (Phi) is 6.50. The average molecular weight is 541 g/mol. The minimum Gasteiger partial charge on any atom is -0.475 e. The van der Waals surface area contributed by atoms with Gasteiger partial charge >= 0.3 is 0 Å². The molecular formula is C24H26BrFN8O.